The van der Waals surface area contributed by atoms with Crippen LogP contribution in [0.1, 0.15) is 26.3 Å². The van der Waals surface area contributed by atoms with Gasteiger partial charge in [-0.2, -0.15) is 0 Å². The number of nitrogens with zero attached hydrogens (tertiary/aromatic N) is 3. The number of aliphatic hydroxyl groups excluding tert-OH is 1. The maximum Gasteiger partial charge on any atom is 0.261 e. The number of amides is 2. The van der Waals surface area contributed by atoms with Crippen molar-refractivity contribution in [2.45, 2.75) is 13.0 Å². The number of aryl methyl sites for hydroxylation is 1. The highest BCUT2D eigenvalue weighted by molar-refractivity contribution is 6.21. The first-order valence-electron chi connectivity index (χ1n) is 9.70. The number of β-amino-alcohol motifs (C(OH)–C–C–N with tert-alkyl or cyclic N) is 1. The van der Waals surface area contributed by atoms with Crippen LogP contribution in [-0.2, 0) is 0 Å². The van der Waals surface area contributed by atoms with Crippen LogP contribution < -0.4 is 4.90 Å². The molecule has 1 fully saturated rings. The number of imide groups is 1. The molecule has 0 aromatic heterocycles. The molecule has 4 rings (SSSR count). The number of aliphatic hydroxyl groups is 1. The maximum absolute atomic E-state index is 12.4. The lowest BCUT2D eigenvalue weighted by Gasteiger charge is -2.37. The predicted octanol–water partition coefficient (Wildman–Crippen LogP) is 2.20. The van der Waals surface area contributed by atoms with Crippen molar-refractivity contribution < 1.29 is 14.7 Å². The average molecular weight is 416 g/mol. The molecule has 1 N–H and O–H groups in total. The van der Waals surface area contributed by atoms with Gasteiger partial charge in [0, 0.05) is 38.4 Å². The highest BCUT2D eigenvalue weighted by Crippen LogP contribution is 2.23. The minimum atomic E-state index is -0.757. The van der Waals surface area contributed by atoms with E-state index in [-0.39, 0.29) is 30.8 Å². The summed E-state index contributed by atoms with van der Waals surface area (Å²) in [5.74, 6) is -0.632. The normalized spacial score (nSPS) is 17.9. The van der Waals surface area contributed by atoms with Gasteiger partial charge >= 0.3 is 0 Å². The highest BCUT2D eigenvalue weighted by atomic mass is 35.5. The van der Waals surface area contributed by atoms with E-state index in [0.717, 1.165) is 26.2 Å². The van der Waals surface area contributed by atoms with Gasteiger partial charge in [-0.15, -0.1) is 12.4 Å². The molecule has 2 heterocycles. The van der Waals surface area contributed by atoms with E-state index in [9.17, 15) is 14.7 Å². The Balaban J connectivity index is 0.00000240. The first-order valence-corrected chi connectivity index (χ1v) is 9.70. The van der Waals surface area contributed by atoms with Gasteiger partial charge in [0.05, 0.1) is 23.8 Å². The molecule has 29 heavy (non-hydrogen) atoms. The summed E-state index contributed by atoms with van der Waals surface area (Å²) in [7, 11) is 0. The van der Waals surface area contributed by atoms with Crippen molar-refractivity contribution in [3.8, 4) is 0 Å². The van der Waals surface area contributed by atoms with E-state index in [1.54, 1.807) is 24.3 Å². The van der Waals surface area contributed by atoms with Gasteiger partial charge in [-0.1, -0.05) is 24.3 Å². The van der Waals surface area contributed by atoms with Gasteiger partial charge in [0.1, 0.15) is 0 Å². The third kappa shape index (κ3) is 4.45. The molecule has 1 atom stereocenters. The number of carbonyl (C=O) groups is 2. The molecule has 0 radical (unpaired) electrons. The molecule has 2 amide bonds. The molecule has 2 aromatic carbocycles. The van der Waals surface area contributed by atoms with Gasteiger partial charge in [0.2, 0.25) is 0 Å². The number of hydrogen-bond acceptors (Lipinski definition) is 5. The average Bonchev–Trinajstić information content (AvgIpc) is 2.94. The molecular weight excluding hydrogens is 390 g/mol. The van der Waals surface area contributed by atoms with Crippen molar-refractivity contribution in [2.24, 2.45) is 0 Å². The van der Waals surface area contributed by atoms with Gasteiger partial charge < -0.3 is 10.0 Å². The van der Waals surface area contributed by atoms with Crippen LogP contribution in [0.3, 0.4) is 0 Å². The number of benzene rings is 2. The molecule has 2 aliphatic heterocycles. The third-order valence-electron chi connectivity index (χ3n) is 5.48. The zero-order chi connectivity index (χ0) is 19.7. The lowest BCUT2D eigenvalue weighted by atomic mass is 10.1. The van der Waals surface area contributed by atoms with E-state index in [2.05, 4.69) is 41.0 Å². The second-order valence-corrected chi connectivity index (χ2v) is 7.55. The summed E-state index contributed by atoms with van der Waals surface area (Å²) in [6, 6.07) is 15.3. The van der Waals surface area contributed by atoms with Crippen LogP contribution in [0.4, 0.5) is 5.69 Å². The number of rotatable bonds is 5. The molecule has 1 unspecified atom stereocenters. The summed E-state index contributed by atoms with van der Waals surface area (Å²) in [5.41, 5.74) is 3.32. The molecule has 0 aliphatic carbocycles. The van der Waals surface area contributed by atoms with E-state index >= 15 is 0 Å². The van der Waals surface area contributed by atoms with Crippen molar-refractivity contribution in [1.82, 2.24) is 9.80 Å². The molecule has 154 valence electrons. The number of hydrogen-bond donors (Lipinski definition) is 1. The van der Waals surface area contributed by atoms with Gasteiger partial charge in [0.15, 0.2) is 0 Å². The fourth-order valence-corrected chi connectivity index (χ4v) is 3.98. The molecule has 0 saturated carbocycles. The Bertz CT molecular complexity index is 861. The number of halogens is 1. The summed E-state index contributed by atoms with van der Waals surface area (Å²) >= 11 is 0. The van der Waals surface area contributed by atoms with Gasteiger partial charge in [-0.05, 0) is 36.8 Å². The molecule has 0 bridgehead atoms. The minimum Gasteiger partial charge on any atom is -0.390 e. The third-order valence-corrected chi connectivity index (χ3v) is 5.48. The van der Waals surface area contributed by atoms with Gasteiger partial charge in [-0.25, -0.2) is 0 Å². The zero-order valence-corrected chi connectivity index (χ0v) is 17.3. The molecular formula is C22H26ClN3O3. The monoisotopic (exact) mass is 415 g/mol. The van der Waals surface area contributed by atoms with Gasteiger partial charge in [0.25, 0.3) is 11.8 Å². The van der Waals surface area contributed by atoms with Crippen molar-refractivity contribution in [2.75, 3.05) is 44.2 Å². The Kier molecular flexibility index (Phi) is 6.57. The van der Waals surface area contributed by atoms with Crippen molar-refractivity contribution in [3.63, 3.8) is 0 Å². The Morgan fingerprint density at radius 2 is 1.52 bits per heavy atom. The Morgan fingerprint density at radius 3 is 2.10 bits per heavy atom. The van der Waals surface area contributed by atoms with Crippen molar-refractivity contribution in [3.05, 3.63) is 65.2 Å². The smallest absolute Gasteiger partial charge is 0.261 e. The van der Waals surface area contributed by atoms with Crippen LogP contribution in [0.15, 0.2) is 48.5 Å². The molecule has 6 nitrogen and oxygen atoms in total. The Labute approximate surface area is 177 Å². The molecule has 0 spiro atoms. The van der Waals surface area contributed by atoms with Crippen LogP contribution >= 0.6 is 12.4 Å². The number of carbonyl (C=O) groups excluding carboxylic acids is 2. The number of fused-ring (bicyclic) bond motifs is 1. The molecule has 7 heteroatoms. The summed E-state index contributed by atoms with van der Waals surface area (Å²) in [4.78, 5) is 30.6. The van der Waals surface area contributed by atoms with E-state index in [0.29, 0.717) is 17.7 Å². The van der Waals surface area contributed by atoms with E-state index < -0.39 is 6.10 Å². The van der Waals surface area contributed by atoms with Crippen LogP contribution in [-0.4, -0.2) is 72.1 Å². The standard InChI is InChI=1S/C22H25N3O3.ClH/c1-16-5-4-6-17(13-16)24-11-9-23(10-12-24)14-18(26)15-25-21(27)19-7-2-3-8-20(19)22(25)28;/h2-8,13,18,26H,9-12,14-15H2,1H3;1H. The maximum atomic E-state index is 12.4. The van der Waals surface area contributed by atoms with Crippen LogP contribution in [0, 0.1) is 6.92 Å². The topological polar surface area (TPSA) is 64.1 Å². The summed E-state index contributed by atoms with van der Waals surface area (Å²) in [6.07, 6.45) is -0.757. The second-order valence-electron chi connectivity index (χ2n) is 7.55. The lowest BCUT2D eigenvalue weighted by Crippen LogP contribution is -2.50. The zero-order valence-electron chi connectivity index (χ0n) is 16.5. The fourth-order valence-electron chi connectivity index (χ4n) is 3.98. The summed E-state index contributed by atoms with van der Waals surface area (Å²) in [5, 5.41) is 10.5. The van der Waals surface area contributed by atoms with Crippen LogP contribution in [0.2, 0.25) is 0 Å². The Morgan fingerprint density at radius 1 is 0.897 bits per heavy atom. The molecule has 2 aliphatic rings. The van der Waals surface area contributed by atoms with Crippen LogP contribution in [0.5, 0.6) is 0 Å². The summed E-state index contributed by atoms with van der Waals surface area (Å²) in [6.45, 7) is 6.04. The largest absolute Gasteiger partial charge is 0.390 e. The number of piperazine rings is 1. The van der Waals surface area contributed by atoms with Crippen molar-refractivity contribution >= 4 is 29.9 Å². The SMILES string of the molecule is Cc1cccc(N2CCN(CC(O)CN3C(=O)c4ccccc4C3=O)CC2)c1.Cl. The fraction of sp³-hybridized carbons (Fsp3) is 0.364. The van der Waals surface area contributed by atoms with E-state index in [1.165, 1.54) is 16.2 Å². The van der Waals surface area contributed by atoms with Crippen LogP contribution in [0.25, 0.3) is 0 Å². The first-order chi connectivity index (χ1) is 13.5. The lowest BCUT2D eigenvalue weighted by molar-refractivity contribution is 0.0469. The van der Waals surface area contributed by atoms with E-state index in [4.69, 9.17) is 0 Å². The summed E-state index contributed by atoms with van der Waals surface area (Å²) < 4.78 is 0. The van der Waals surface area contributed by atoms with E-state index in [1.807, 2.05) is 0 Å². The second kappa shape index (κ2) is 8.95. The molecule has 2 aromatic rings. The first kappa shape index (κ1) is 21.3. The predicted molar refractivity (Wildman–Crippen MR) is 115 cm³/mol. The highest BCUT2D eigenvalue weighted by Gasteiger charge is 2.36. The Hall–Kier alpha value is -2.41. The quantitative estimate of drug-likeness (QED) is 0.758. The van der Waals surface area contributed by atoms with Gasteiger partial charge in [-0.3, -0.25) is 19.4 Å². The molecule has 1 saturated heterocycles. The number of anilines is 1. The minimum absolute atomic E-state index is 0. The van der Waals surface area contributed by atoms with Crippen molar-refractivity contribution in [1.29, 1.82) is 0 Å².